The van der Waals surface area contributed by atoms with Gasteiger partial charge < -0.3 is 9.47 Å². The Kier molecular flexibility index (Phi) is 4.45. The largest absolute Gasteiger partial charge is 0.489 e. The number of carbonyl (C=O) groups excluding carboxylic acids is 1. The number of aromatic nitrogens is 3. The molecule has 0 aliphatic carbocycles. The molecule has 0 aromatic carbocycles. The summed E-state index contributed by atoms with van der Waals surface area (Å²) in [6.45, 7) is 10.5. The molecule has 0 aliphatic rings. The van der Waals surface area contributed by atoms with Gasteiger partial charge in [0.05, 0.1) is 23.8 Å². The Morgan fingerprint density at radius 2 is 2.10 bits per heavy atom. The first kappa shape index (κ1) is 15.3. The predicted molar refractivity (Wildman–Crippen MR) is 79.7 cm³/mol. The highest BCUT2D eigenvalue weighted by Gasteiger charge is 2.23. The first-order chi connectivity index (χ1) is 9.99. The molecule has 0 amide bonds. The molecule has 0 N–H and O–H groups in total. The quantitative estimate of drug-likeness (QED) is 0.792. The molecule has 2 heterocycles. The highest BCUT2D eigenvalue weighted by molar-refractivity contribution is 5.99. The SMILES string of the molecule is CCOC(=O)c1cnc2c(c(C)nn2CC)c1OC(C)C. The fourth-order valence-corrected chi connectivity index (χ4v) is 2.22. The van der Waals surface area contributed by atoms with E-state index < -0.39 is 5.97 Å². The fraction of sp³-hybridized carbons (Fsp3) is 0.533. The van der Waals surface area contributed by atoms with E-state index in [2.05, 4.69) is 10.1 Å². The molecule has 114 valence electrons. The predicted octanol–water partition coefficient (Wildman–Crippen LogP) is 2.72. The van der Waals surface area contributed by atoms with E-state index in [1.807, 2.05) is 27.7 Å². The van der Waals surface area contributed by atoms with Gasteiger partial charge in [0.2, 0.25) is 0 Å². The lowest BCUT2D eigenvalue weighted by molar-refractivity contribution is 0.0520. The van der Waals surface area contributed by atoms with Gasteiger partial charge in [-0.25, -0.2) is 14.5 Å². The Balaban J connectivity index is 2.69. The van der Waals surface area contributed by atoms with Crippen molar-refractivity contribution in [3.63, 3.8) is 0 Å². The number of rotatable bonds is 5. The third-order valence-corrected chi connectivity index (χ3v) is 3.04. The minimum atomic E-state index is -0.425. The summed E-state index contributed by atoms with van der Waals surface area (Å²) in [6.07, 6.45) is 1.44. The van der Waals surface area contributed by atoms with Crippen molar-refractivity contribution in [1.29, 1.82) is 0 Å². The summed E-state index contributed by atoms with van der Waals surface area (Å²) in [5.41, 5.74) is 1.86. The van der Waals surface area contributed by atoms with Crippen LogP contribution in [-0.4, -0.2) is 33.4 Å². The zero-order chi connectivity index (χ0) is 15.6. The second kappa shape index (κ2) is 6.11. The van der Waals surface area contributed by atoms with Crippen LogP contribution in [0.2, 0.25) is 0 Å². The van der Waals surface area contributed by atoms with Gasteiger partial charge in [0.25, 0.3) is 0 Å². The number of aryl methyl sites for hydroxylation is 2. The molecular weight excluding hydrogens is 270 g/mol. The Labute approximate surface area is 124 Å². The molecule has 2 aromatic heterocycles. The molecule has 6 nitrogen and oxygen atoms in total. The maximum absolute atomic E-state index is 12.1. The van der Waals surface area contributed by atoms with Gasteiger partial charge in [0, 0.05) is 12.7 Å². The van der Waals surface area contributed by atoms with Gasteiger partial charge in [0.1, 0.15) is 11.3 Å². The number of hydrogen-bond donors (Lipinski definition) is 0. The number of fused-ring (bicyclic) bond motifs is 1. The second-order valence-electron chi connectivity index (χ2n) is 4.99. The Bertz CT molecular complexity index is 662. The van der Waals surface area contributed by atoms with Crippen molar-refractivity contribution in [3.8, 4) is 5.75 Å². The van der Waals surface area contributed by atoms with E-state index in [9.17, 15) is 4.79 Å². The van der Waals surface area contributed by atoms with E-state index in [0.717, 1.165) is 16.7 Å². The summed E-state index contributed by atoms with van der Waals surface area (Å²) in [5, 5.41) is 5.22. The lowest BCUT2D eigenvalue weighted by Gasteiger charge is -2.14. The van der Waals surface area contributed by atoms with Gasteiger partial charge in [-0.1, -0.05) is 0 Å². The van der Waals surface area contributed by atoms with Crippen LogP contribution in [0, 0.1) is 6.92 Å². The van der Waals surface area contributed by atoms with Crippen LogP contribution in [0.4, 0.5) is 0 Å². The van der Waals surface area contributed by atoms with Crippen LogP contribution < -0.4 is 4.74 Å². The van der Waals surface area contributed by atoms with E-state index >= 15 is 0 Å². The minimum absolute atomic E-state index is 0.0619. The maximum Gasteiger partial charge on any atom is 0.343 e. The van der Waals surface area contributed by atoms with Crippen LogP contribution in [0.15, 0.2) is 6.20 Å². The van der Waals surface area contributed by atoms with E-state index in [1.165, 1.54) is 6.20 Å². The highest BCUT2D eigenvalue weighted by Crippen LogP contribution is 2.32. The first-order valence-corrected chi connectivity index (χ1v) is 7.19. The van der Waals surface area contributed by atoms with Crippen LogP contribution in [0.5, 0.6) is 5.75 Å². The van der Waals surface area contributed by atoms with E-state index in [4.69, 9.17) is 9.47 Å². The Morgan fingerprint density at radius 1 is 1.38 bits per heavy atom. The number of ether oxygens (including phenoxy) is 2. The van der Waals surface area contributed by atoms with Crippen molar-refractivity contribution < 1.29 is 14.3 Å². The van der Waals surface area contributed by atoms with E-state index in [1.54, 1.807) is 11.6 Å². The summed E-state index contributed by atoms with van der Waals surface area (Å²) in [5.74, 6) is 0.0804. The maximum atomic E-state index is 12.1. The van der Waals surface area contributed by atoms with Crippen LogP contribution in [-0.2, 0) is 11.3 Å². The molecule has 0 fully saturated rings. The summed E-state index contributed by atoms with van der Waals surface area (Å²) >= 11 is 0. The average molecular weight is 291 g/mol. The summed E-state index contributed by atoms with van der Waals surface area (Å²) < 4.78 is 12.8. The molecule has 0 atom stereocenters. The van der Waals surface area contributed by atoms with Gasteiger partial charge in [-0.3, -0.25) is 0 Å². The zero-order valence-electron chi connectivity index (χ0n) is 13.1. The summed E-state index contributed by atoms with van der Waals surface area (Å²) in [4.78, 5) is 16.5. The minimum Gasteiger partial charge on any atom is -0.489 e. The number of pyridine rings is 1. The second-order valence-corrected chi connectivity index (χ2v) is 4.99. The van der Waals surface area contributed by atoms with Crippen molar-refractivity contribution in [2.24, 2.45) is 0 Å². The van der Waals surface area contributed by atoms with Crippen LogP contribution >= 0.6 is 0 Å². The normalized spacial score (nSPS) is 11.1. The molecule has 0 saturated heterocycles. The van der Waals surface area contributed by atoms with Gasteiger partial charge in [-0.2, -0.15) is 5.10 Å². The van der Waals surface area contributed by atoms with E-state index in [-0.39, 0.29) is 6.10 Å². The van der Waals surface area contributed by atoms with Crippen LogP contribution in [0.25, 0.3) is 11.0 Å². The van der Waals surface area contributed by atoms with Crippen molar-refractivity contribution in [3.05, 3.63) is 17.5 Å². The molecule has 0 radical (unpaired) electrons. The lowest BCUT2D eigenvalue weighted by Crippen LogP contribution is -2.13. The topological polar surface area (TPSA) is 66.2 Å². The van der Waals surface area contributed by atoms with Crippen LogP contribution in [0.3, 0.4) is 0 Å². The monoisotopic (exact) mass is 291 g/mol. The molecule has 2 aromatic rings. The zero-order valence-corrected chi connectivity index (χ0v) is 13.1. The van der Waals surface area contributed by atoms with Gasteiger partial charge in [0.15, 0.2) is 5.65 Å². The molecule has 0 spiro atoms. The molecular formula is C15H21N3O3. The van der Waals surface area contributed by atoms with Crippen molar-refractivity contribution in [1.82, 2.24) is 14.8 Å². The van der Waals surface area contributed by atoms with Crippen molar-refractivity contribution in [2.75, 3.05) is 6.61 Å². The highest BCUT2D eigenvalue weighted by atomic mass is 16.5. The Hall–Kier alpha value is -2.11. The molecule has 0 aliphatic heterocycles. The third-order valence-electron chi connectivity index (χ3n) is 3.04. The standard InChI is InChI=1S/C15H21N3O3/c1-6-18-14-12(10(5)17-18)13(21-9(3)4)11(8-16-14)15(19)20-7-2/h8-9H,6-7H2,1-5H3. The van der Waals surface area contributed by atoms with Gasteiger partial charge in [-0.15, -0.1) is 0 Å². The number of hydrogen-bond acceptors (Lipinski definition) is 5. The summed E-state index contributed by atoms with van der Waals surface area (Å²) in [7, 11) is 0. The number of esters is 1. The summed E-state index contributed by atoms with van der Waals surface area (Å²) in [6, 6.07) is 0. The Morgan fingerprint density at radius 3 is 2.67 bits per heavy atom. The van der Waals surface area contributed by atoms with E-state index in [0.29, 0.717) is 24.5 Å². The molecule has 2 rings (SSSR count). The molecule has 0 bridgehead atoms. The van der Waals surface area contributed by atoms with Crippen molar-refractivity contribution in [2.45, 2.75) is 47.3 Å². The first-order valence-electron chi connectivity index (χ1n) is 7.19. The molecule has 0 saturated carbocycles. The number of nitrogens with zero attached hydrogens (tertiary/aromatic N) is 3. The third kappa shape index (κ3) is 2.84. The lowest BCUT2D eigenvalue weighted by atomic mass is 10.1. The van der Waals surface area contributed by atoms with Gasteiger partial charge in [-0.05, 0) is 34.6 Å². The molecule has 21 heavy (non-hydrogen) atoms. The molecule has 0 unspecified atom stereocenters. The number of carbonyl (C=O) groups is 1. The average Bonchev–Trinajstić information content (AvgIpc) is 2.75. The fourth-order valence-electron chi connectivity index (χ4n) is 2.22. The van der Waals surface area contributed by atoms with Crippen LogP contribution in [0.1, 0.15) is 43.7 Å². The van der Waals surface area contributed by atoms with Crippen molar-refractivity contribution >= 4 is 17.0 Å². The van der Waals surface area contributed by atoms with Gasteiger partial charge >= 0.3 is 5.97 Å². The molecule has 6 heteroatoms. The smallest absolute Gasteiger partial charge is 0.343 e.